The summed E-state index contributed by atoms with van der Waals surface area (Å²) in [6.45, 7) is 4.72. The lowest BCUT2D eigenvalue weighted by atomic mass is 9.71. The molecule has 0 N–H and O–H groups in total. The second-order valence-electron chi connectivity index (χ2n) is 12.1. The number of nitrogens with zero attached hydrogens (tertiary/aromatic N) is 6. The zero-order valence-electron chi connectivity index (χ0n) is 24.5. The smallest absolute Gasteiger partial charge is 0.157 e. The van der Waals surface area contributed by atoms with E-state index in [2.05, 4.69) is 147 Å². The molecule has 0 saturated carbocycles. The number of fused-ring (bicyclic) bond motifs is 12. The largest absolute Gasteiger partial charge is 0.337 e. The molecule has 6 nitrogen and oxygen atoms in total. The van der Waals surface area contributed by atoms with Crippen molar-refractivity contribution in [2.24, 2.45) is 5.92 Å². The second kappa shape index (κ2) is 9.58. The number of rotatable bonds is 2. The fourth-order valence-corrected chi connectivity index (χ4v) is 8.13. The van der Waals surface area contributed by atoms with Crippen molar-refractivity contribution in [3.8, 4) is 0 Å². The molecule has 0 fully saturated rings. The highest BCUT2D eigenvalue weighted by molar-refractivity contribution is 5.91. The van der Waals surface area contributed by atoms with Crippen molar-refractivity contribution in [2.75, 3.05) is 26.6 Å². The Labute approximate surface area is 257 Å². The third kappa shape index (κ3) is 3.48. The summed E-state index contributed by atoms with van der Waals surface area (Å²) in [5.74, 6) is 1.31. The van der Waals surface area contributed by atoms with E-state index in [1.165, 1.54) is 45.0 Å². The topological polar surface area (TPSA) is 38.7 Å². The third-order valence-corrected chi connectivity index (χ3v) is 9.88. The van der Waals surface area contributed by atoms with Crippen molar-refractivity contribution in [1.29, 1.82) is 0 Å². The minimum atomic E-state index is -0.0302. The number of para-hydroxylation sites is 3. The number of benzene rings is 4. The Balaban J connectivity index is 1.35. The van der Waals surface area contributed by atoms with Gasteiger partial charge in [0.15, 0.2) is 5.82 Å². The average Bonchev–Trinajstić information content (AvgIpc) is 3.61. The van der Waals surface area contributed by atoms with Crippen molar-refractivity contribution in [3.63, 3.8) is 0 Å². The second-order valence-corrected chi connectivity index (χ2v) is 12.1. The van der Waals surface area contributed by atoms with Crippen LogP contribution in [0.1, 0.15) is 29.0 Å². The van der Waals surface area contributed by atoms with Gasteiger partial charge in [0, 0.05) is 42.0 Å². The van der Waals surface area contributed by atoms with E-state index in [0.29, 0.717) is 0 Å². The molecule has 1 aromatic heterocycles. The number of aromatic nitrogens is 2. The van der Waals surface area contributed by atoms with Crippen LogP contribution in [0.4, 0.5) is 28.6 Å². The Kier molecular flexibility index (Phi) is 5.48. The van der Waals surface area contributed by atoms with Gasteiger partial charge in [-0.15, -0.1) is 0 Å². The molecule has 4 aliphatic rings. The van der Waals surface area contributed by atoms with Gasteiger partial charge in [-0.25, -0.2) is 9.97 Å². The number of hydrogen-bond acceptors (Lipinski definition) is 6. The van der Waals surface area contributed by atoms with Crippen LogP contribution in [0.25, 0.3) is 11.3 Å². The molecule has 4 atom stereocenters. The fraction of sp³-hybridized carbons (Fsp3) is 0.158. The summed E-state index contributed by atoms with van der Waals surface area (Å²) < 4.78 is 0. The summed E-state index contributed by atoms with van der Waals surface area (Å²) in [5, 5.41) is 0. The number of allylic oxidation sites excluding steroid dienone is 1. The molecule has 6 heteroatoms. The molecule has 5 heterocycles. The Morgan fingerprint density at radius 1 is 0.727 bits per heavy atom. The third-order valence-electron chi connectivity index (χ3n) is 9.88. The van der Waals surface area contributed by atoms with Crippen molar-refractivity contribution >= 4 is 39.8 Å². The van der Waals surface area contributed by atoms with E-state index in [-0.39, 0.29) is 24.2 Å². The maximum Gasteiger partial charge on any atom is 0.157 e. The Morgan fingerprint density at radius 3 is 2.25 bits per heavy atom. The first-order valence-corrected chi connectivity index (χ1v) is 15.3. The van der Waals surface area contributed by atoms with Crippen LogP contribution in [0, 0.1) is 5.92 Å². The van der Waals surface area contributed by atoms with E-state index < -0.39 is 0 Å². The molecule has 44 heavy (non-hydrogen) atoms. The highest BCUT2D eigenvalue weighted by atomic mass is 15.5. The van der Waals surface area contributed by atoms with Gasteiger partial charge in [-0.1, -0.05) is 91.5 Å². The molecular weight excluding hydrogens is 540 g/mol. The maximum atomic E-state index is 4.81. The molecule has 214 valence electrons. The lowest BCUT2D eigenvalue weighted by Gasteiger charge is -2.53. The summed E-state index contributed by atoms with van der Waals surface area (Å²) in [4.78, 5) is 19.3. The lowest BCUT2D eigenvalue weighted by molar-refractivity contribution is 0.285. The van der Waals surface area contributed by atoms with E-state index in [1.807, 2.05) is 6.20 Å². The van der Waals surface area contributed by atoms with Crippen LogP contribution in [0.2, 0.25) is 0 Å². The van der Waals surface area contributed by atoms with Crippen LogP contribution in [0.15, 0.2) is 134 Å². The van der Waals surface area contributed by atoms with E-state index in [4.69, 9.17) is 11.6 Å². The van der Waals surface area contributed by atoms with Gasteiger partial charge in [0.05, 0.1) is 17.6 Å². The van der Waals surface area contributed by atoms with Crippen molar-refractivity contribution < 1.29 is 0 Å². The van der Waals surface area contributed by atoms with E-state index in [9.17, 15) is 0 Å². The molecule has 0 aliphatic carbocycles. The van der Waals surface area contributed by atoms with Crippen LogP contribution in [-0.4, -0.2) is 29.3 Å². The monoisotopic (exact) mass is 572 g/mol. The van der Waals surface area contributed by atoms with Gasteiger partial charge in [-0.3, -0.25) is 0 Å². The van der Waals surface area contributed by atoms with Gasteiger partial charge in [-0.05, 0) is 47.4 Å². The molecule has 0 saturated heterocycles. The van der Waals surface area contributed by atoms with Gasteiger partial charge in [-0.2, -0.15) is 0 Å². The van der Waals surface area contributed by atoms with E-state index in [0.717, 1.165) is 17.9 Å². The number of hydrogen-bond donors (Lipinski definition) is 0. The predicted octanol–water partition coefficient (Wildman–Crippen LogP) is 7.87. The Hall–Kier alpha value is -5.36. The van der Waals surface area contributed by atoms with Crippen LogP contribution in [0.3, 0.4) is 0 Å². The first kappa shape index (κ1) is 25.2. The molecule has 0 radical (unpaired) electrons. The summed E-state index contributed by atoms with van der Waals surface area (Å²) in [6, 6.07) is 39.4. The van der Waals surface area contributed by atoms with Gasteiger partial charge in [0.25, 0.3) is 0 Å². The summed E-state index contributed by atoms with van der Waals surface area (Å²) in [5.41, 5.74) is 10.8. The van der Waals surface area contributed by atoms with Crippen LogP contribution in [-0.2, 0) is 0 Å². The molecule has 4 aromatic carbocycles. The van der Waals surface area contributed by atoms with Crippen LogP contribution >= 0.6 is 0 Å². The van der Waals surface area contributed by atoms with Gasteiger partial charge in [0.1, 0.15) is 24.3 Å². The van der Waals surface area contributed by atoms with Gasteiger partial charge in [0.2, 0.25) is 0 Å². The molecular formula is C38H32N6. The number of anilines is 5. The summed E-state index contributed by atoms with van der Waals surface area (Å²) in [7, 11) is 2.20. The predicted molar refractivity (Wildman–Crippen MR) is 179 cm³/mol. The van der Waals surface area contributed by atoms with E-state index in [1.54, 1.807) is 6.33 Å². The molecule has 0 spiro atoms. The van der Waals surface area contributed by atoms with Gasteiger partial charge >= 0.3 is 0 Å². The molecule has 0 amide bonds. The molecule has 9 rings (SSSR count). The lowest BCUT2D eigenvalue weighted by Crippen LogP contribution is -2.60. The Bertz CT molecular complexity index is 1940. The first-order chi connectivity index (χ1) is 21.7. The van der Waals surface area contributed by atoms with E-state index >= 15 is 0 Å². The zero-order chi connectivity index (χ0) is 29.4. The van der Waals surface area contributed by atoms with Gasteiger partial charge < -0.3 is 19.6 Å². The minimum absolute atomic E-state index is 0.0156. The van der Waals surface area contributed by atoms with Crippen molar-refractivity contribution in [2.45, 2.75) is 24.7 Å². The molecule has 4 unspecified atom stereocenters. The van der Waals surface area contributed by atoms with Crippen molar-refractivity contribution in [3.05, 3.63) is 151 Å². The maximum absolute atomic E-state index is 4.81. The Morgan fingerprint density at radius 2 is 1.43 bits per heavy atom. The zero-order valence-corrected chi connectivity index (χ0v) is 24.5. The standard InChI is InChI=1S/C38H32N6/c1-25-21-30-29-18-10-12-20-32(29)44-33-22-39-24-40-36(33)41(2)37(44)35(30)38-42(31-19-11-9-17-28(25)31)23-34(26-13-5-3-6-14-26)43(38)27-15-7-4-8-16-27/h3-20,22-24,30,35,37-38H,1,21H2,2H3. The highest BCUT2D eigenvalue weighted by Gasteiger charge is 2.56. The van der Waals surface area contributed by atoms with Crippen molar-refractivity contribution in [1.82, 2.24) is 9.97 Å². The highest BCUT2D eigenvalue weighted by Crippen LogP contribution is 2.59. The van der Waals surface area contributed by atoms with Crippen LogP contribution in [0.5, 0.6) is 0 Å². The normalized spacial score (nSPS) is 23.0. The molecule has 0 bridgehead atoms. The average molecular weight is 573 g/mol. The minimum Gasteiger partial charge on any atom is -0.337 e. The van der Waals surface area contributed by atoms with Crippen LogP contribution < -0.4 is 19.6 Å². The SMILES string of the molecule is C=C1CC2c3ccccc3N3c4cncnc4N(C)C3C2C2N(C=C(c3ccccc3)N2c2ccccc2)c2ccccc21. The molecule has 4 aliphatic heterocycles. The first-order valence-electron chi connectivity index (χ1n) is 15.3. The fourth-order valence-electron chi connectivity index (χ4n) is 8.13. The summed E-state index contributed by atoms with van der Waals surface area (Å²) >= 11 is 0. The summed E-state index contributed by atoms with van der Waals surface area (Å²) in [6.07, 6.45) is 6.86. The quantitative estimate of drug-likeness (QED) is 0.214. The molecule has 5 aromatic rings.